The Balaban J connectivity index is 1.80. The fraction of sp³-hybridized carbons (Fsp3) is 0.538. The van der Waals surface area contributed by atoms with Crippen LogP contribution in [0.3, 0.4) is 0 Å². The minimum absolute atomic E-state index is 0.105. The highest BCUT2D eigenvalue weighted by atomic mass is 19.3. The smallest absolute Gasteiger partial charge is 0.251 e. The second kappa shape index (κ2) is 6.11. The van der Waals surface area contributed by atoms with Crippen molar-refractivity contribution in [2.24, 2.45) is 0 Å². The maximum Gasteiger partial charge on any atom is 0.251 e. The average Bonchev–Trinajstić information content (AvgIpc) is 2.31. The van der Waals surface area contributed by atoms with E-state index in [1.807, 2.05) is 29.2 Å². The second-order valence-corrected chi connectivity index (χ2v) is 4.71. The monoisotopic (exact) mass is 255 g/mol. The highest BCUT2D eigenvalue weighted by molar-refractivity contribution is 5.40. The molecule has 0 radical (unpaired) electrons. The molecule has 0 aromatic heterocycles. The first kappa shape index (κ1) is 13.2. The number of rotatable bonds is 4. The van der Waals surface area contributed by atoms with E-state index in [-0.39, 0.29) is 6.54 Å². The van der Waals surface area contributed by atoms with Gasteiger partial charge in [-0.2, -0.15) is 0 Å². The molecule has 3 nitrogen and oxygen atoms in total. The molecular weight excluding hydrogens is 236 g/mol. The molecule has 100 valence electrons. The molecule has 1 fully saturated rings. The quantitative estimate of drug-likeness (QED) is 0.830. The average molecular weight is 255 g/mol. The first-order valence-corrected chi connectivity index (χ1v) is 6.21. The molecule has 0 unspecified atom stereocenters. The summed E-state index contributed by atoms with van der Waals surface area (Å²) >= 11 is 0. The van der Waals surface area contributed by atoms with E-state index in [4.69, 9.17) is 5.73 Å². The molecule has 2 N–H and O–H groups in total. The number of nitrogens with zero attached hydrogens (tertiary/aromatic N) is 2. The SMILES string of the molecule is Nc1cccc(CN2CCN(CC(F)F)CC2)c1. The Kier molecular flexibility index (Phi) is 4.49. The van der Waals surface area contributed by atoms with Crippen molar-refractivity contribution in [2.75, 3.05) is 38.5 Å². The lowest BCUT2D eigenvalue weighted by Crippen LogP contribution is -2.47. The van der Waals surface area contributed by atoms with Crippen LogP contribution in [0.15, 0.2) is 24.3 Å². The Morgan fingerprint density at radius 2 is 1.78 bits per heavy atom. The summed E-state index contributed by atoms with van der Waals surface area (Å²) in [5.41, 5.74) is 7.68. The summed E-state index contributed by atoms with van der Waals surface area (Å²) in [5, 5.41) is 0. The van der Waals surface area contributed by atoms with Crippen molar-refractivity contribution >= 4 is 5.69 Å². The van der Waals surface area contributed by atoms with Gasteiger partial charge in [-0.15, -0.1) is 0 Å². The molecule has 0 spiro atoms. The van der Waals surface area contributed by atoms with E-state index in [1.165, 1.54) is 5.56 Å². The maximum atomic E-state index is 12.2. The number of anilines is 1. The molecule has 2 rings (SSSR count). The standard InChI is InChI=1S/C13H19F2N3/c14-13(15)10-18-6-4-17(5-7-18)9-11-2-1-3-12(16)8-11/h1-3,8,13H,4-7,9-10,16H2. The molecule has 1 heterocycles. The van der Waals surface area contributed by atoms with Crippen LogP contribution in [-0.2, 0) is 6.54 Å². The number of nitrogen functional groups attached to an aromatic ring is 1. The Bertz CT molecular complexity index is 376. The van der Waals surface area contributed by atoms with Gasteiger partial charge in [-0.1, -0.05) is 12.1 Å². The summed E-state index contributed by atoms with van der Waals surface area (Å²) in [6.07, 6.45) is -2.23. The Labute approximate surface area is 106 Å². The third-order valence-corrected chi connectivity index (χ3v) is 3.22. The van der Waals surface area contributed by atoms with Gasteiger partial charge in [0.05, 0.1) is 6.54 Å². The lowest BCUT2D eigenvalue weighted by molar-refractivity contribution is 0.0543. The minimum Gasteiger partial charge on any atom is -0.399 e. The van der Waals surface area contributed by atoms with Crippen LogP contribution in [0.4, 0.5) is 14.5 Å². The Morgan fingerprint density at radius 1 is 1.11 bits per heavy atom. The zero-order chi connectivity index (χ0) is 13.0. The van der Waals surface area contributed by atoms with Crippen LogP contribution in [0.2, 0.25) is 0 Å². The molecule has 0 aliphatic carbocycles. The van der Waals surface area contributed by atoms with Crippen molar-refractivity contribution in [3.8, 4) is 0 Å². The third-order valence-electron chi connectivity index (χ3n) is 3.22. The summed E-state index contributed by atoms with van der Waals surface area (Å²) in [6.45, 7) is 3.84. The van der Waals surface area contributed by atoms with Gasteiger partial charge in [0.15, 0.2) is 0 Å². The first-order valence-electron chi connectivity index (χ1n) is 6.21. The fourth-order valence-corrected chi connectivity index (χ4v) is 2.27. The van der Waals surface area contributed by atoms with Gasteiger partial charge in [0, 0.05) is 38.4 Å². The van der Waals surface area contributed by atoms with Crippen LogP contribution >= 0.6 is 0 Å². The number of nitrogens with two attached hydrogens (primary N) is 1. The zero-order valence-corrected chi connectivity index (χ0v) is 10.4. The molecule has 1 saturated heterocycles. The first-order chi connectivity index (χ1) is 8.63. The molecule has 1 aliphatic heterocycles. The number of halogens is 2. The molecule has 0 amide bonds. The van der Waals surface area contributed by atoms with Gasteiger partial charge < -0.3 is 5.73 Å². The van der Waals surface area contributed by atoms with E-state index in [0.717, 1.165) is 25.3 Å². The summed E-state index contributed by atoms with van der Waals surface area (Å²) in [4.78, 5) is 4.09. The fourth-order valence-electron chi connectivity index (χ4n) is 2.27. The number of hydrogen-bond donors (Lipinski definition) is 1. The topological polar surface area (TPSA) is 32.5 Å². The lowest BCUT2D eigenvalue weighted by Gasteiger charge is -2.34. The van der Waals surface area contributed by atoms with Gasteiger partial charge in [0.1, 0.15) is 0 Å². The third kappa shape index (κ3) is 3.92. The van der Waals surface area contributed by atoms with Gasteiger partial charge in [0.25, 0.3) is 6.43 Å². The van der Waals surface area contributed by atoms with Crippen molar-refractivity contribution in [2.45, 2.75) is 13.0 Å². The van der Waals surface area contributed by atoms with Crippen LogP contribution in [0.25, 0.3) is 0 Å². The van der Waals surface area contributed by atoms with E-state index in [1.54, 1.807) is 0 Å². The molecular formula is C13H19F2N3. The second-order valence-electron chi connectivity index (χ2n) is 4.71. The van der Waals surface area contributed by atoms with E-state index < -0.39 is 6.43 Å². The molecule has 1 aromatic carbocycles. The van der Waals surface area contributed by atoms with Crippen molar-refractivity contribution in [1.82, 2.24) is 9.80 Å². The normalized spacial score (nSPS) is 18.4. The summed E-state index contributed by atoms with van der Waals surface area (Å²) < 4.78 is 24.5. The van der Waals surface area contributed by atoms with Crippen molar-refractivity contribution in [3.05, 3.63) is 29.8 Å². The Morgan fingerprint density at radius 3 is 2.39 bits per heavy atom. The minimum atomic E-state index is -2.23. The zero-order valence-electron chi connectivity index (χ0n) is 10.4. The van der Waals surface area contributed by atoms with Crippen molar-refractivity contribution in [1.29, 1.82) is 0 Å². The van der Waals surface area contributed by atoms with Gasteiger partial charge in [0.2, 0.25) is 0 Å². The van der Waals surface area contributed by atoms with Gasteiger partial charge in [-0.25, -0.2) is 8.78 Å². The summed E-state index contributed by atoms with van der Waals surface area (Å²) in [6, 6.07) is 7.81. The van der Waals surface area contributed by atoms with Crippen LogP contribution < -0.4 is 5.73 Å². The molecule has 0 saturated carbocycles. The number of piperazine rings is 1. The number of benzene rings is 1. The van der Waals surface area contributed by atoms with Crippen LogP contribution in [0.1, 0.15) is 5.56 Å². The largest absolute Gasteiger partial charge is 0.399 e. The van der Waals surface area contributed by atoms with E-state index in [2.05, 4.69) is 4.90 Å². The number of alkyl halides is 2. The van der Waals surface area contributed by atoms with E-state index in [9.17, 15) is 8.78 Å². The van der Waals surface area contributed by atoms with Gasteiger partial charge in [-0.05, 0) is 17.7 Å². The van der Waals surface area contributed by atoms with E-state index in [0.29, 0.717) is 13.1 Å². The van der Waals surface area contributed by atoms with Gasteiger partial charge in [-0.3, -0.25) is 9.80 Å². The molecule has 1 aliphatic rings. The summed E-state index contributed by atoms with van der Waals surface area (Å²) in [5.74, 6) is 0. The molecule has 18 heavy (non-hydrogen) atoms. The molecule has 0 bridgehead atoms. The highest BCUT2D eigenvalue weighted by Gasteiger charge is 2.19. The number of hydrogen-bond acceptors (Lipinski definition) is 3. The Hall–Kier alpha value is -1.20. The van der Waals surface area contributed by atoms with Crippen LogP contribution in [0, 0.1) is 0 Å². The van der Waals surface area contributed by atoms with Crippen LogP contribution in [-0.4, -0.2) is 48.9 Å². The predicted molar refractivity (Wildman–Crippen MR) is 68.6 cm³/mol. The molecule has 5 heteroatoms. The highest BCUT2D eigenvalue weighted by Crippen LogP contribution is 2.12. The van der Waals surface area contributed by atoms with Crippen LogP contribution in [0.5, 0.6) is 0 Å². The van der Waals surface area contributed by atoms with Gasteiger partial charge >= 0.3 is 0 Å². The van der Waals surface area contributed by atoms with Crippen molar-refractivity contribution in [3.63, 3.8) is 0 Å². The lowest BCUT2D eigenvalue weighted by atomic mass is 10.2. The summed E-state index contributed by atoms with van der Waals surface area (Å²) in [7, 11) is 0. The predicted octanol–water partition coefficient (Wildman–Crippen LogP) is 1.65. The van der Waals surface area contributed by atoms with E-state index >= 15 is 0 Å². The molecule has 0 atom stereocenters. The van der Waals surface area contributed by atoms with Crippen molar-refractivity contribution < 1.29 is 8.78 Å². The maximum absolute atomic E-state index is 12.2. The molecule has 1 aromatic rings.